The highest BCUT2D eigenvalue weighted by Crippen LogP contribution is 2.44. The van der Waals surface area contributed by atoms with Gasteiger partial charge in [-0.1, -0.05) is 60.1 Å². The van der Waals surface area contributed by atoms with Crippen LogP contribution in [0.15, 0.2) is 66.3 Å². The van der Waals surface area contributed by atoms with E-state index in [1.165, 1.54) is 6.08 Å². The molecule has 1 N–H and O–H groups in total. The summed E-state index contributed by atoms with van der Waals surface area (Å²) in [4.78, 5) is 16.8. The number of aromatic nitrogens is 1. The first-order valence-electron chi connectivity index (χ1n) is 13.1. The summed E-state index contributed by atoms with van der Waals surface area (Å²) < 4.78 is 57.3. The van der Waals surface area contributed by atoms with E-state index in [9.17, 15) is 18.0 Å². The number of fused-ring (bicyclic) bond motifs is 3. The number of nitrogens with one attached hydrogen (secondary N) is 1. The van der Waals surface area contributed by atoms with Gasteiger partial charge in [-0.3, -0.25) is 4.98 Å². The maximum atomic E-state index is 13.1. The predicted octanol–water partition coefficient (Wildman–Crippen LogP) is 7.31. The minimum atomic E-state index is -4.58. The summed E-state index contributed by atoms with van der Waals surface area (Å²) in [7, 11) is -0.908. The smallest absolute Gasteiger partial charge is 0.449 e. The Morgan fingerprint density at radius 1 is 1.05 bits per heavy atom. The second-order valence-corrected chi connectivity index (χ2v) is 11.5. The van der Waals surface area contributed by atoms with E-state index in [1.54, 1.807) is 0 Å². The summed E-state index contributed by atoms with van der Waals surface area (Å²) in [6, 6.07) is 16.8. The van der Waals surface area contributed by atoms with Gasteiger partial charge in [-0.15, -0.1) is 0 Å². The standard InChI is InChI=1S/C30H29BClF3N2O4/c1-28(2)29(3,4)41-31(40-28)19(14-26-25(32)13-18(15-36-26)30(33,34)35)16-37-27(38)39-17-24-22-11-7-5-9-20(22)21-10-6-8-12-23(21)24/h5-15,24H,16-17H2,1-4H3,(H,37,38). The monoisotopic (exact) mass is 584 g/mol. The molecule has 0 atom stereocenters. The molecule has 1 aliphatic carbocycles. The van der Waals surface area contributed by atoms with Gasteiger partial charge >= 0.3 is 19.4 Å². The lowest BCUT2D eigenvalue weighted by molar-refractivity contribution is -0.137. The first-order chi connectivity index (χ1) is 19.3. The Labute approximate surface area is 242 Å². The van der Waals surface area contributed by atoms with Crippen LogP contribution in [-0.2, 0) is 20.2 Å². The molecule has 0 bridgehead atoms. The van der Waals surface area contributed by atoms with Gasteiger partial charge in [-0.05, 0) is 67.6 Å². The van der Waals surface area contributed by atoms with Gasteiger partial charge in [0.2, 0.25) is 0 Å². The third-order valence-electron chi connectivity index (χ3n) is 7.86. The fraction of sp³-hybridized carbons (Fsp3) is 0.333. The van der Waals surface area contributed by atoms with Crippen LogP contribution in [0.2, 0.25) is 5.02 Å². The van der Waals surface area contributed by atoms with E-state index in [-0.39, 0.29) is 29.8 Å². The molecule has 41 heavy (non-hydrogen) atoms. The molecule has 1 aliphatic heterocycles. The van der Waals surface area contributed by atoms with Crippen molar-refractivity contribution in [2.24, 2.45) is 0 Å². The van der Waals surface area contributed by atoms with Gasteiger partial charge in [0.05, 0.1) is 27.5 Å². The number of nitrogens with zero attached hydrogens (tertiary/aromatic N) is 1. The van der Waals surface area contributed by atoms with Gasteiger partial charge < -0.3 is 19.4 Å². The molecule has 1 amide bonds. The molecule has 2 aliphatic rings. The van der Waals surface area contributed by atoms with Crippen molar-refractivity contribution >= 4 is 30.9 Å². The fourth-order valence-electron chi connectivity index (χ4n) is 4.91. The number of hydrogen-bond donors (Lipinski definition) is 1. The largest absolute Gasteiger partial charge is 0.492 e. The summed E-state index contributed by atoms with van der Waals surface area (Å²) in [6.45, 7) is 7.52. The highest BCUT2D eigenvalue weighted by atomic mass is 35.5. The van der Waals surface area contributed by atoms with E-state index in [2.05, 4.69) is 22.4 Å². The zero-order chi connectivity index (χ0) is 29.6. The molecule has 0 unspecified atom stereocenters. The summed E-state index contributed by atoms with van der Waals surface area (Å²) in [5.74, 6) is -0.110. The number of benzene rings is 2. The zero-order valence-electron chi connectivity index (χ0n) is 23.0. The molecule has 0 saturated carbocycles. The molecule has 0 spiro atoms. The molecule has 6 nitrogen and oxygen atoms in total. The number of ether oxygens (including phenoxy) is 1. The predicted molar refractivity (Wildman–Crippen MR) is 151 cm³/mol. The summed E-state index contributed by atoms with van der Waals surface area (Å²) in [6.07, 6.45) is -3.08. The van der Waals surface area contributed by atoms with E-state index in [4.69, 9.17) is 25.6 Å². The van der Waals surface area contributed by atoms with E-state index in [0.717, 1.165) is 28.3 Å². The van der Waals surface area contributed by atoms with Crippen LogP contribution in [0.25, 0.3) is 17.2 Å². The zero-order valence-corrected chi connectivity index (χ0v) is 23.8. The topological polar surface area (TPSA) is 69.7 Å². The van der Waals surface area contributed by atoms with Crippen molar-refractivity contribution < 1.29 is 32.0 Å². The molecule has 1 saturated heterocycles. The minimum absolute atomic E-state index is 0.0769. The second kappa shape index (κ2) is 10.8. The van der Waals surface area contributed by atoms with Gasteiger partial charge in [0.25, 0.3) is 0 Å². The summed E-state index contributed by atoms with van der Waals surface area (Å²) >= 11 is 6.17. The second-order valence-electron chi connectivity index (χ2n) is 11.1. The van der Waals surface area contributed by atoms with Crippen molar-refractivity contribution in [3.05, 3.63) is 93.7 Å². The number of alkyl carbamates (subject to hydrolysis) is 1. The molecular weight excluding hydrogens is 556 g/mol. The SMILES string of the molecule is CC1(C)OB(C(=Cc2ncc(C(F)(F)F)cc2Cl)CNC(=O)OCC2c3ccccc3-c3ccccc32)OC1(C)C. The molecule has 2 aromatic carbocycles. The third kappa shape index (κ3) is 5.87. The van der Waals surface area contributed by atoms with E-state index < -0.39 is 36.2 Å². The van der Waals surface area contributed by atoms with E-state index in [0.29, 0.717) is 11.7 Å². The van der Waals surface area contributed by atoms with Crippen LogP contribution in [0.3, 0.4) is 0 Å². The number of alkyl halides is 3. The molecule has 3 aromatic rings. The van der Waals surface area contributed by atoms with Crippen LogP contribution in [0, 0.1) is 0 Å². The number of halogens is 4. The van der Waals surface area contributed by atoms with Gasteiger partial charge in [-0.25, -0.2) is 4.79 Å². The first-order valence-corrected chi connectivity index (χ1v) is 13.5. The minimum Gasteiger partial charge on any atom is -0.449 e. The quantitative estimate of drug-likeness (QED) is 0.308. The molecule has 1 aromatic heterocycles. The Balaban J connectivity index is 1.33. The average Bonchev–Trinajstić information content (AvgIpc) is 3.34. The fourth-order valence-corrected chi connectivity index (χ4v) is 5.13. The van der Waals surface area contributed by atoms with Crippen LogP contribution in [0.4, 0.5) is 18.0 Å². The van der Waals surface area contributed by atoms with Crippen molar-refractivity contribution in [1.82, 2.24) is 10.3 Å². The van der Waals surface area contributed by atoms with Crippen LogP contribution in [0.1, 0.15) is 56.0 Å². The van der Waals surface area contributed by atoms with Crippen molar-refractivity contribution in [3.8, 4) is 11.1 Å². The normalized spacial score (nSPS) is 17.8. The van der Waals surface area contributed by atoms with Crippen LogP contribution in [-0.4, -0.2) is 42.5 Å². The number of pyridine rings is 1. The maximum absolute atomic E-state index is 13.1. The van der Waals surface area contributed by atoms with Crippen molar-refractivity contribution in [1.29, 1.82) is 0 Å². The lowest BCUT2D eigenvalue weighted by atomic mass is 9.77. The van der Waals surface area contributed by atoms with Crippen molar-refractivity contribution in [3.63, 3.8) is 0 Å². The van der Waals surface area contributed by atoms with Gasteiger partial charge in [0, 0.05) is 18.7 Å². The molecule has 11 heteroatoms. The lowest BCUT2D eigenvalue weighted by Gasteiger charge is -2.32. The van der Waals surface area contributed by atoms with Crippen LogP contribution >= 0.6 is 11.6 Å². The van der Waals surface area contributed by atoms with E-state index in [1.807, 2.05) is 64.1 Å². The molecule has 2 heterocycles. The Kier molecular flexibility index (Phi) is 7.69. The Morgan fingerprint density at radius 2 is 1.61 bits per heavy atom. The number of rotatable bonds is 6. The Morgan fingerprint density at radius 3 is 2.15 bits per heavy atom. The average molecular weight is 585 g/mol. The molecule has 5 rings (SSSR count). The Bertz CT molecular complexity index is 1450. The highest BCUT2D eigenvalue weighted by molar-refractivity contribution is 6.56. The Hall–Kier alpha value is -3.34. The summed E-state index contributed by atoms with van der Waals surface area (Å²) in [5, 5.41) is 2.52. The first kappa shape index (κ1) is 29.2. The molecular formula is C30H29BClF3N2O4. The van der Waals surface area contributed by atoms with Crippen LogP contribution in [0.5, 0.6) is 0 Å². The number of carbonyl (C=O) groups is 1. The van der Waals surface area contributed by atoms with Crippen molar-refractivity contribution in [2.75, 3.05) is 13.2 Å². The summed E-state index contributed by atoms with van der Waals surface area (Å²) in [5.41, 5.74) is 2.53. The van der Waals surface area contributed by atoms with Crippen LogP contribution < -0.4 is 5.32 Å². The molecule has 214 valence electrons. The van der Waals surface area contributed by atoms with Crippen molar-refractivity contribution in [2.45, 2.75) is 51.0 Å². The molecule has 0 radical (unpaired) electrons. The lowest BCUT2D eigenvalue weighted by Crippen LogP contribution is -2.41. The third-order valence-corrected chi connectivity index (χ3v) is 8.16. The number of amides is 1. The molecule has 1 fully saturated rings. The number of carbonyl (C=O) groups excluding carboxylic acids is 1. The van der Waals surface area contributed by atoms with Gasteiger partial charge in [-0.2, -0.15) is 13.2 Å². The van der Waals surface area contributed by atoms with E-state index >= 15 is 0 Å². The number of hydrogen-bond acceptors (Lipinski definition) is 5. The highest BCUT2D eigenvalue weighted by Gasteiger charge is 2.52. The maximum Gasteiger partial charge on any atom is 0.492 e. The van der Waals surface area contributed by atoms with Gasteiger partial charge in [0.1, 0.15) is 6.61 Å². The van der Waals surface area contributed by atoms with Gasteiger partial charge in [0.15, 0.2) is 0 Å².